The highest BCUT2D eigenvalue weighted by Gasteiger charge is 2.45. The lowest BCUT2D eigenvalue weighted by atomic mass is 10.2. The minimum atomic E-state index is -2.12. The van der Waals surface area contributed by atoms with Crippen molar-refractivity contribution in [3.63, 3.8) is 0 Å². The van der Waals surface area contributed by atoms with Crippen molar-refractivity contribution in [3.05, 3.63) is 0 Å². The first kappa shape index (κ1) is 15.2. The van der Waals surface area contributed by atoms with Crippen LogP contribution in [0.25, 0.3) is 0 Å². The van der Waals surface area contributed by atoms with Crippen molar-refractivity contribution in [1.82, 2.24) is 4.57 Å². The maximum Gasteiger partial charge on any atom is 0.291 e. The van der Waals surface area contributed by atoms with Gasteiger partial charge in [0.2, 0.25) is 0 Å². The third-order valence-electron chi connectivity index (χ3n) is 3.60. The van der Waals surface area contributed by atoms with E-state index in [9.17, 15) is 0 Å². The summed E-state index contributed by atoms with van der Waals surface area (Å²) in [6.45, 7) is 12.2. The first-order valence-electron chi connectivity index (χ1n) is 6.26. The second-order valence-electron chi connectivity index (χ2n) is 5.83. The van der Waals surface area contributed by atoms with Crippen LogP contribution >= 0.6 is 11.1 Å². The zero-order valence-corrected chi connectivity index (χ0v) is 14.6. The molecule has 0 N–H and O–H groups in total. The average molecular weight is 293 g/mol. The molecule has 0 spiro atoms. The predicted molar refractivity (Wildman–Crippen MR) is 80.9 cm³/mol. The lowest BCUT2D eigenvalue weighted by molar-refractivity contribution is 0.361. The Labute approximate surface area is 112 Å². The Morgan fingerprint density at radius 3 is 2.47 bits per heavy atom. The van der Waals surface area contributed by atoms with Crippen molar-refractivity contribution in [2.24, 2.45) is 4.99 Å². The lowest BCUT2D eigenvalue weighted by Crippen LogP contribution is -2.54. The molecule has 0 saturated carbocycles. The molecule has 0 aliphatic carbocycles. The van der Waals surface area contributed by atoms with E-state index in [1.54, 1.807) is 7.11 Å². The van der Waals surface area contributed by atoms with Gasteiger partial charge in [0.25, 0.3) is 7.63 Å². The van der Waals surface area contributed by atoms with Gasteiger partial charge in [-0.15, -0.1) is 11.1 Å². The van der Waals surface area contributed by atoms with Crippen LogP contribution in [0.5, 0.6) is 0 Å². The van der Waals surface area contributed by atoms with Crippen LogP contribution in [0.3, 0.4) is 0 Å². The summed E-state index contributed by atoms with van der Waals surface area (Å²) in [6, 6.07) is 0.445. The van der Waals surface area contributed by atoms with Crippen LogP contribution in [-0.4, -0.2) is 46.5 Å². The average Bonchev–Trinajstić information content (AvgIpc) is 2.66. The molecular weight excluding hydrogens is 268 g/mol. The molecule has 6 heteroatoms. The molecule has 1 rings (SSSR count). The van der Waals surface area contributed by atoms with Gasteiger partial charge in [0.1, 0.15) is 8.24 Å². The third-order valence-corrected chi connectivity index (χ3v) is 9.81. The van der Waals surface area contributed by atoms with Crippen LogP contribution in [0.1, 0.15) is 13.3 Å². The number of halogens is 1. The van der Waals surface area contributed by atoms with Crippen LogP contribution in [0.4, 0.5) is 0 Å². The standard InChI is InChI=1S/C11H25ClN2OSi2/c1-7-11(17(6,12)15-2)10-8-13-9-14(10)16(3,4)5/h9-11H,7-8H2,1-6H3. The molecule has 1 aliphatic heterocycles. The first-order valence-corrected chi connectivity index (χ1v) is 13.2. The van der Waals surface area contributed by atoms with Crippen LogP contribution in [0, 0.1) is 0 Å². The number of rotatable bonds is 5. The summed E-state index contributed by atoms with van der Waals surface area (Å²) in [5.74, 6) is 0. The molecular formula is C11H25ClN2OSi2. The van der Waals surface area contributed by atoms with Gasteiger partial charge in [-0.05, 0) is 6.55 Å². The predicted octanol–water partition coefficient (Wildman–Crippen LogP) is 3.27. The third kappa shape index (κ3) is 3.33. The molecule has 3 nitrogen and oxygen atoms in total. The van der Waals surface area contributed by atoms with E-state index in [0.717, 1.165) is 13.0 Å². The van der Waals surface area contributed by atoms with E-state index in [-0.39, 0.29) is 0 Å². The van der Waals surface area contributed by atoms with Gasteiger partial charge in [-0.1, -0.05) is 33.0 Å². The van der Waals surface area contributed by atoms with Gasteiger partial charge in [0.05, 0.1) is 12.9 Å². The molecule has 0 fully saturated rings. The fourth-order valence-electron chi connectivity index (χ4n) is 2.54. The molecule has 100 valence electrons. The summed E-state index contributed by atoms with van der Waals surface area (Å²) < 4.78 is 8.08. The zero-order valence-electron chi connectivity index (χ0n) is 11.8. The van der Waals surface area contributed by atoms with Gasteiger partial charge in [-0.2, -0.15) is 0 Å². The SMILES string of the molecule is CCC(C1CN=CN1[Si](C)(C)C)[Si](C)(Cl)OC. The minimum Gasteiger partial charge on any atom is -0.406 e. The molecule has 0 aromatic carbocycles. The topological polar surface area (TPSA) is 24.8 Å². The molecule has 3 atom stereocenters. The normalized spacial score (nSPS) is 26.1. The Bertz CT molecular complexity index is 292. The Hall–Kier alpha value is 0.154. The van der Waals surface area contributed by atoms with E-state index in [1.807, 2.05) is 6.34 Å². The van der Waals surface area contributed by atoms with E-state index in [2.05, 4.69) is 42.7 Å². The van der Waals surface area contributed by atoms with Gasteiger partial charge in [-0.3, -0.25) is 4.99 Å². The monoisotopic (exact) mass is 292 g/mol. The molecule has 3 unspecified atom stereocenters. The Morgan fingerprint density at radius 2 is 2.06 bits per heavy atom. The van der Waals surface area contributed by atoms with Crippen LogP contribution in [0.2, 0.25) is 31.7 Å². The summed E-state index contributed by atoms with van der Waals surface area (Å²) in [5, 5.41) is 0. The quantitative estimate of drug-likeness (QED) is 0.574. The summed E-state index contributed by atoms with van der Waals surface area (Å²) in [6.07, 6.45) is 3.10. The number of hydrogen-bond acceptors (Lipinski definition) is 3. The molecule has 1 aliphatic rings. The van der Waals surface area contributed by atoms with Crippen molar-refractivity contribution >= 4 is 33.3 Å². The molecule has 0 saturated heterocycles. The van der Waals surface area contributed by atoms with Gasteiger partial charge in [-0.25, -0.2) is 0 Å². The van der Waals surface area contributed by atoms with E-state index in [1.165, 1.54) is 0 Å². The highest BCUT2D eigenvalue weighted by Crippen LogP contribution is 2.37. The Morgan fingerprint density at radius 1 is 1.47 bits per heavy atom. The van der Waals surface area contributed by atoms with Crippen LogP contribution < -0.4 is 0 Å². The largest absolute Gasteiger partial charge is 0.406 e. The molecule has 0 aromatic heterocycles. The van der Waals surface area contributed by atoms with Crippen molar-refractivity contribution in [3.8, 4) is 0 Å². The van der Waals surface area contributed by atoms with Gasteiger partial charge >= 0.3 is 0 Å². The molecule has 0 radical (unpaired) electrons. The highest BCUT2D eigenvalue weighted by molar-refractivity contribution is 7.16. The summed E-state index contributed by atoms with van der Waals surface area (Å²) in [5.41, 5.74) is 0.434. The summed E-state index contributed by atoms with van der Waals surface area (Å²) >= 11 is 6.63. The second-order valence-corrected chi connectivity index (χ2v) is 16.1. The van der Waals surface area contributed by atoms with Gasteiger partial charge < -0.3 is 8.99 Å². The maximum atomic E-state index is 6.63. The highest BCUT2D eigenvalue weighted by atomic mass is 35.6. The summed E-state index contributed by atoms with van der Waals surface area (Å²) in [4.78, 5) is 4.47. The second kappa shape index (κ2) is 5.42. The minimum absolute atomic E-state index is 0.434. The lowest BCUT2D eigenvalue weighted by Gasteiger charge is -2.42. The fourth-order valence-corrected chi connectivity index (χ4v) is 7.26. The van der Waals surface area contributed by atoms with Gasteiger partial charge in [0.15, 0.2) is 0 Å². The molecule has 0 aromatic rings. The molecule has 0 amide bonds. The van der Waals surface area contributed by atoms with E-state index in [4.69, 9.17) is 15.5 Å². The molecule has 17 heavy (non-hydrogen) atoms. The van der Waals surface area contributed by atoms with Crippen molar-refractivity contribution in [1.29, 1.82) is 0 Å². The first-order chi connectivity index (χ1) is 7.74. The maximum absolute atomic E-state index is 6.63. The van der Waals surface area contributed by atoms with Crippen molar-refractivity contribution < 1.29 is 4.43 Å². The smallest absolute Gasteiger partial charge is 0.291 e. The van der Waals surface area contributed by atoms with E-state index >= 15 is 0 Å². The molecule has 1 heterocycles. The zero-order chi connectivity index (χ0) is 13.3. The van der Waals surface area contributed by atoms with Gasteiger partial charge in [0, 0.05) is 18.7 Å². The number of hydrogen-bond donors (Lipinski definition) is 0. The van der Waals surface area contributed by atoms with E-state index < -0.39 is 15.9 Å². The Balaban J connectivity index is 2.91. The number of aliphatic imine (C=N–C) groups is 1. The van der Waals surface area contributed by atoms with Crippen LogP contribution in [-0.2, 0) is 4.43 Å². The summed E-state index contributed by atoms with van der Waals surface area (Å²) in [7, 11) is -1.74. The van der Waals surface area contributed by atoms with Crippen molar-refractivity contribution in [2.75, 3.05) is 13.7 Å². The molecule has 0 bridgehead atoms. The Kier molecular flexibility index (Phi) is 4.85. The fraction of sp³-hybridized carbons (Fsp3) is 0.909. The van der Waals surface area contributed by atoms with Crippen molar-refractivity contribution in [2.45, 2.75) is 51.1 Å². The van der Waals surface area contributed by atoms with E-state index in [0.29, 0.717) is 11.6 Å². The number of nitrogens with zero attached hydrogens (tertiary/aromatic N) is 2. The van der Waals surface area contributed by atoms with Crippen LogP contribution in [0.15, 0.2) is 4.99 Å².